The fraction of sp³-hybridized carbons (Fsp3) is 0.250. The summed E-state index contributed by atoms with van der Waals surface area (Å²) in [5, 5.41) is 0. The van der Waals surface area contributed by atoms with Crippen LogP contribution in [0.2, 0.25) is 0 Å². The van der Waals surface area contributed by atoms with Gasteiger partial charge in [0, 0.05) is 11.1 Å². The van der Waals surface area contributed by atoms with Gasteiger partial charge in [-0.2, -0.15) is 8.78 Å². The van der Waals surface area contributed by atoms with Gasteiger partial charge < -0.3 is 18.9 Å². The van der Waals surface area contributed by atoms with Crippen LogP contribution in [0.3, 0.4) is 0 Å². The summed E-state index contributed by atoms with van der Waals surface area (Å²) in [7, 11) is 2.96. The molecule has 0 amide bonds. The van der Waals surface area contributed by atoms with Crippen LogP contribution in [0.25, 0.3) is 6.08 Å². The molecular weight excluding hydrogens is 358 g/mol. The fourth-order valence-corrected chi connectivity index (χ4v) is 2.40. The number of benzene rings is 2. The van der Waals surface area contributed by atoms with Crippen molar-refractivity contribution < 1.29 is 32.5 Å². The molecule has 2 aromatic rings. The number of hydrogen-bond acceptors (Lipinski definition) is 5. The van der Waals surface area contributed by atoms with Crippen LogP contribution in [-0.2, 0) is 0 Å². The van der Waals surface area contributed by atoms with Gasteiger partial charge in [0.05, 0.1) is 20.8 Å². The first-order chi connectivity index (χ1) is 13.0. The van der Waals surface area contributed by atoms with Crippen molar-refractivity contribution in [3.05, 3.63) is 53.6 Å². The highest BCUT2D eigenvalue weighted by atomic mass is 19.3. The van der Waals surface area contributed by atoms with Gasteiger partial charge in [-0.1, -0.05) is 12.1 Å². The van der Waals surface area contributed by atoms with Gasteiger partial charge in [-0.05, 0) is 43.3 Å². The number of carbonyl (C=O) groups is 1. The van der Waals surface area contributed by atoms with Crippen LogP contribution in [0.4, 0.5) is 8.78 Å². The van der Waals surface area contributed by atoms with Gasteiger partial charge >= 0.3 is 6.61 Å². The first-order valence-electron chi connectivity index (χ1n) is 8.15. The minimum absolute atomic E-state index is 0.120. The number of hydrogen-bond donors (Lipinski definition) is 0. The molecule has 0 radical (unpaired) electrons. The number of para-hydroxylation sites is 1. The molecule has 2 aromatic carbocycles. The second-order valence-corrected chi connectivity index (χ2v) is 5.25. The summed E-state index contributed by atoms with van der Waals surface area (Å²) in [6.45, 7) is -0.993. The highest BCUT2D eigenvalue weighted by molar-refractivity contribution is 6.07. The van der Waals surface area contributed by atoms with Crippen LogP contribution in [0.15, 0.2) is 42.5 Å². The fourth-order valence-electron chi connectivity index (χ4n) is 2.40. The Kier molecular flexibility index (Phi) is 7.16. The van der Waals surface area contributed by atoms with E-state index in [1.807, 2.05) is 0 Å². The molecule has 0 spiro atoms. The molecule has 144 valence electrons. The highest BCUT2D eigenvalue weighted by Crippen LogP contribution is 2.34. The van der Waals surface area contributed by atoms with Crippen LogP contribution in [0.5, 0.6) is 23.0 Å². The third-order valence-corrected chi connectivity index (χ3v) is 3.60. The van der Waals surface area contributed by atoms with Crippen LogP contribution < -0.4 is 18.9 Å². The predicted octanol–water partition coefficient (Wildman–Crippen LogP) is 4.60. The number of methoxy groups -OCH3 is 2. The molecule has 0 atom stereocenters. The van der Waals surface area contributed by atoms with E-state index in [1.54, 1.807) is 37.3 Å². The molecule has 7 heteroatoms. The zero-order valence-electron chi connectivity index (χ0n) is 15.2. The summed E-state index contributed by atoms with van der Waals surface area (Å²) >= 11 is 0. The second-order valence-electron chi connectivity index (χ2n) is 5.25. The summed E-state index contributed by atoms with van der Waals surface area (Å²) < 4.78 is 45.7. The van der Waals surface area contributed by atoms with Gasteiger partial charge in [0.1, 0.15) is 0 Å². The SMILES string of the molecule is CCOc1cccc(/C=C/C(=O)c2ccc(OC)c(OC)c2)c1OC(F)F. The Morgan fingerprint density at radius 2 is 1.81 bits per heavy atom. The van der Waals surface area contributed by atoms with Crippen molar-refractivity contribution in [2.45, 2.75) is 13.5 Å². The quantitative estimate of drug-likeness (QED) is 0.472. The standard InChI is InChI=1S/C20H20F2O5/c1-4-26-17-7-5-6-13(19(17)27-20(21)22)8-10-15(23)14-9-11-16(24-2)18(12-14)25-3/h5-12,20H,4H2,1-3H3/b10-8+. The topological polar surface area (TPSA) is 54.0 Å². The van der Waals surface area contributed by atoms with Crippen molar-refractivity contribution in [2.24, 2.45) is 0 Å². The van der Waals surface area contributed by atoms with Crippen molar-refractivity contribution in [3.8, 4) is 23.0 Å². The molecule has 0 unspecified atom stereocenters. The van der Waals surface area contributed by atoms with Crippen molar-refractivity contribution in [1.29, 1.82) is 0 Å². The van der Waals surface area contributed by atoms with E-state index in [4.69, 9.17) is 14.2 Å². The zero-order valence-corrected chi connectivity index (χ0v) is 15.2. The van der Waals surface area contributed by atoms with Crippen LogP contribution in [0, 0.1) is 0 Å². The van der Waals surface area contributed by atoms with E-state index in [1.165, 1.54) is 32.4 Å². The Morgan fingerprint density at radius 3 is 2.44 bits per heavy atom. The van der Waals surface area contributed by atoms with Crippen LogP contribution in [0.1, 0.15) is 22.8 Å². The lowest BCUT2D eigenvalue weighted by atomic mass is 10.1. The molecule has 0 saturated carbocycles. The molecule has 0 saturated heterocycles. The van der Waals surface area contributed by atoms with E-state index in [2.05, 4.69) is 4.74 Å². The molecule has 2 rings (SSSR count). The van der Waals surface area contributed by atoms with E-state index in [9.17, 15) is 13.6 Å². The molecule has 0 heterocycles. The number of ketones is 1. The maximum atomic E-state index is 12.7. The van der Waals surface area contributed by atoms with Crippen molar-refractivity contribution in [3.63, 3.8) is 0 Å². The van der Waals surface area contributed by atoms with Crippen LogP contribution in [-0.4, -0.2) is 33.2 Å². The second kappa shape index (κ2) is 9.56. The number of halogens is 2. The molecule has 0 aromatic heterocycles. The van der Waals surface area contributed by atoms with E-state index < -0.39 is 6.61 Å². The normalized spacial score (nSPS) is 10.9. The number of carbonyl (C=O) groups excluding carboxylic acids is 1. The Hall–Kier alpha value is -3.09. The molecule has 0 fully saturated rings. The van der Waals surface area contributed by atoms with E-state index >= 15 is 0 Å². The van der Waals surface area contributed by atoms with E-state index in [0.29, 0.717) is 22.6 Å². The third kappa shape index (κ3) is 5.20. The van der Waals surface area contributed by atoms with Crippen molar-refractivity contribution in [2.75, 3.05) is 20.8 Å². The van der Waals surface area contributed by atoms with Gasteiger partial charge in [0.25, 0.3) is 0 Å². The first kappa shape index (κ1) is 20.2. The van der Waals surface area contributed by atoms with Crippen molar-refractivity contribution in [1.82, 2.24) is 0 Å². The lowest BCUT2D eigenvalue weighted by molar-refractivity contribution is -0.0515. The smallest absolute Gasteiger partial charge is 0.387 e. The maximum absolute atomic E-state index is 12.7. The summed E-state index contributed by atoms with van der Waals surface area (Å²) in [4.78, 5) is 12.4. The average Bonchev–Trinajstić information content (AvgIpc) is 2.67. The minimum atomic E-state index is -3.01. The average molecular weight is 378 g/mol. The summed E-state index contributed by atoms with van der Waals surface area (Å²) in [5.74, 6) is 0.636. The zero-order chi connectivity index (χ0) is 19.8. The molecule has 0 aliphatic rings. The number of ether oxygens (including phenoxy) is 4. The maximum Gasteiger partial charge on any atom is 0.387 e. The van der Waals surface area contributed by atoms with Gasteiger partial charge in [-0.25, -0.2) is 0 Å². The first-order valence-corrected chi connectivity index (χ1v) is 8.15. The van der Waals surface area contributed by atoms with Crippen LogP contribution >= 0.6 is 0 Å². The number of rotatable bonds is 9. The molecule has 5 nitrogen and oxygen atoms in total. The summed E-state index contributed by atoms with van der Waals surface area (Å²) in [5.41, 5.74) is 0.663. The molecule has 0 aliphatic carbocycles. The van der Waals surface area contributed by atoms with E-state index in [-0.39, 0.29) is 23.9 Å². The monoisotopic (exact) mass is 378 g/mol. The number of allylic oxidation sites excluding steroid dienone is 1. The third-order valence-electron chi connectivity index (χ3n) is 3.60. The largest absolute Gasteiger partial charge is 0.493 e. The Balaban J connectivity index is 2.31. The molecular formula is C20H20F2O5. The molecule has 0 aliphatic heterocycles. The van der Waals surface area contributed by atoms with Gasteiger partial charge in [0.2, 0.25) is 0 Å². The summed E-state index contributed by atoms with van der Waals surface area (Å²) in [6, 6.07) is 9.44. The minimum Gasteiger partial charge on any atom is -0.493 e. The molecule has 27 heavy (non-hydrogen) atoms. The van der Waals surface area contributed by atoms with Gasteiger partial charge in [-0.3, -0.25) is 4.79 Å². The lowest BCUT2D eigenvalue weighted by Crippen LogP contribution is -2.06. The van der Waals surface area contributed by atoms with Gasteiger partial charge in [0.15, 0.2) is 28.8 Å². The molecule has 0 bridgehead atoms. The molecule has 0 N–H and O–H groups in total. The summed E-state index contributed by atoms with van der Waals surface area (Å²) in [6.07, 6.45) is 2.67. The Morgan fingerprint density at radius 1 is 1.07 bits per heavy atom. The predicted molar refractivity (Wildman–Crippen MR) is 97.2 cm³/mol. The van der Waals surface area contributed by atoms with Gasteiger partial charge in [-0.15, -0.1) is 0 Å². The van der Waals surface area contributed by atoms with E-state index in [0.717, 1.165) is 0 Å². The highest BCUT2D eigenvalue weighted by Gasteiger charge is 2.15. The Labute approximate surface area is 156 Å². The number of alkyl halides is 2. The van der Waals surface area contributed by atoms with Crippen molar-refractivity contribution >= 4 is 11.9 Å². The lowest BCUT2D eigenvalue weighted by Gasteiger charge is -2.13. The Bertz CT molecular complexity index is 818.